The van der Waals surface area contributed by atoms with Crippen molar-refractivity contribution in [2.75, 3.05) is 6.54 Å². The van der Waals surface area contributed by atoms with E-state index in [9.17, 15) is 4.79 Å². The van der Waals surface area contributed by atoms with Gasteiger partial charge in [0.2, 0.25) is 5.76 Å². The summed E-state index contributed by atoms with van der Waals surface area (Å²) in [6, 6.07) is 1.57. The van der Waals surface area contributed by atoms with Crippen molar-refractivity contribution < 1.29 is 14.3 Å². The second-order valence-corrected chi connectivity index (χ2v) is 4.02. The summed E-state index contributed by atoms with van der Waals surface area (Å²) in [7, 11) is 0. The Labute approximate surface area is 89.3 Å². The molecule has 0 bridgehead atoms. The van der Waals surface area contributed by atoms with Gasteiger partial charge in [-0.1, -0.05) is 13.8 Å². The van der Waals surface area contributed by atoms with Gasteiger partial charge in [0.25, 0.3) is 0 Å². The first-order valence-corrected chi connectivity index (χ1v) is 5.04. The van der Waals surface area contributed by atoms with Crippen LogP contribution in [0.2, 0.25) is 0 Å². The van der Waals surface area contributed by atoms with E-state index in [1.165, 1.54) is 0 Å². The van der Waals surface area contributed by atoms with Crippen LogP contribution in [0, 0.1) is 12.8 Å². The Morgan fingerprint density at radius 3 is 2.73 bits per heavy atom. The highest BCUT2D eigenvalue weighted by Crippen LogP contribution is 2.14. The number of carboxylic acids is 1. The third kappa shape index (κ3) is 3.40. The van der Waals surface area contributed by atoms with Crippen molar-refractivity contribution in [2.45, 2.75) is 27.3 Å². The van der Waals surface area contributed by atoms with Crippen LogP contribution < -0.4 is 5.32 Å². The van der Waals surface area contributed by atoms with Gasteiger partial charge in [0.05, 0.1) is 0 Å². The summed E-state index contributed by atoms with van der Waals surface area (Å²) in [5.74, 6) is 0.238. The number of hydrogen-bond donors (Lipinski definition) is 2. The maximum atomic E-state index is 10.6. The van der Waals surface area contributed by atoms with Crippen molar-refractivity contribution >= 4 is 5.97 Å². The second-order valence-electron chi connectivity index (χ2n) is 4.02. The van der Waals surface area contributed by atoms with Gasteiger partial charge in [-0.15, -0.1) is 0 Å². The highest BCUT2D eigenvalue weighted by atomic mass is 16.4. The highest BCUT2D eigenvalue weighted by molar-refractivity contribution is 5.84. The molecule has 84 valence electrons. The average Bonchev–Trinajstić information content (AvgIpc) is 2.47. The SMILES string of the molecule is Cc1oc(C(=O)O)cc1CNCC(C)C. The summed E-state index contributed by atoms with van der Waals surface area (Å²) >= 11 is 0. The van der Waals surface area contributed by atoms with E-state index in [-0.39, 0.29) is 5.76 Å². The minimum absolute atomic E-state index is 0.00819. The lowest BCUT2D eigenvalue weighted by Crippen LogP contribution is -2.19. The molecule has 0 aromatic carbocycles. The molecule has 0 aliphatic rings. The van der Waals surface area contributed by atoms with Crippen molar-refractivity contribution in [3.63, 3.8) is 0 Å². The number of carbonyl (C=O) groups is 1. The van der Waals surface area contributed by atoms with Crippen LogP contribution >= 0.6 is 0 Å². The summed E-state index contributed by atoms with van der Waals surface area (Å²) in [6.45, 7) is 7.59. The lowest BCUT2D eigenvalue weighted by molar-refractivity contribution is 0.0661. The minimum Gasteiger partial charge on any atom is -0.475 e. The molecule has 4 nitrogen and oxygen atoms in total. The van der Waals surface area contributed by atoms with E-state index < -0.39 is 5.97 Å². The number of furan rings is 1. The molecule has 15 heavy (non-hydrogen) atoms. The van der Waals surface area contributed by atoms with Crippen molar-refractivity contribution in [1.29, 1.82) is 0 Å². The normalized spacial score (nSPS) is 10.9. The number of nitrogens with one attached hydrogen (secondary N) is 1. The molecule has 0 saturated carbocycles. The minimum atomic E-state index is -1.02. The third-order valence-electron chi connectivity index (χ3n) is 2.10. The van der Waals surface area contributed by atoms with E-state index in [1.807, 2.05) is 0 Å². The fourth-order valence-electron chi connectivity index (χ4n) is 1.30. The Hall–Kier alpha value is -1.29. The molecule has 2 N–H and O–H groups in total. The fraction of sp³-hybridized carbons (Fsp3) is 0.545. The average molecular weight is 211 g/mol. The topological polar surface area (TPSA) is 62.5 Å². The van der Waals surface area contributed by atoms with Crippen LogP contribution in [-0.4, -0.2) is 17.6 Å². The molecule has 0 unspecified atom stereocenters. The van der Waals surface area contributed by atoms with Gasteiger partial charge in [0.15, 0.2) is 0 Å². The largest absolute Gasteiger partial charge is 0.475 e. The zero-order chi connectivity index (χ0) is 11.4. The van der Waals surface area contributed by atoms with Crippen LogP contribution in [-0.2, 0) is 6.54 Å². The fourth-order valence-corrected chi connectivity index (χ4v) is 1.30. The summed E-state index contributed by atoms with van der Waals surface area (Å²) in [4.78, 5) is 10.6. The van der Waals surface area contributed by atoms with Crippen molar-refractivity contribution in [3.8, 4) is 0 Å². The van der Waals surface area contributed by atoms with Gasteiger partial charge in [-0.05, 0) is 25.5 Å². The van der Waals surface area contributed by atoms with E-state index in [0.717, 1.165) is 12.1 Å². The monoisotopic (exact) mass is 211 g/mol. The molecule has 0 spiro atoms. The van der Waals surface area contributed by atoms with E-state index in [0.29, 0.717) is 18.2 Å². The van der Waals surface area contributed by atoms with Crippen molar-refractivity contribution in [1.82, 2.24) is 5.32 Å². The van der Waals surface area contributed by atoms with Crippen LogP contribution in [0.3, 0.4) is 0 Å². The van der Waals surface area contributed by atoms with Gasteiger partial charge in [-0.25, -0.2) is 4.79 Å². The maximum absolute atomic E-state index is 10.6. The lowest BCUT2D eigenvalue weighted by atomic mass is 10.2. The van der Waals surface area contributed by atoms with Gasteiger partial charge in [0, 0.05) is 12.1 Å². The Balaban J connectivity index is 2.57. The smallest absolute Gasteiger partial charge is 0.371 e. The Bertz CT molecular complexity index is 342. The molecular weight excluding hydrogens is 194 g/mol. The Morgan fingerprint density at radius 2 is 2.27 bits per heavy atom. The van der Waals surface area contributed by atoms with Gasteiger partial charge in [-0.3, -0.25) is 0 Å². The van der Waals surface area contributed by atoms with E-state index >= 15 is 0 Å². The molecule has 0 aliphatic heterocycles. The van der Waals surface area contributed by atoms with Crippen LogP contribution in [0.4, 0.5) is 0 Å². The molecule has 0 atom stereocenters. The number of aryl methyl sites for hydroxylation is 1. The number of hydrogen-bond acceptors (Lipinski definition) is 3. The lowest BCUT2D eigenvalue weighted by Gasteiger charge is -2.05. The molecule has 1 heterocycles. The zero-order valence-corrected chi connectivity index (χ0v) is 9.33. The van der Waals surface area contributed by atoms with Gasteiger partial charge >= 0.3 is 5.97 Å². The molecule has 0 fully saturated rings. The molecule has 0 aliphatic carbocycles. The predicted octanol–water partition coefficient (Wildman–Crippen LogP) is 2.03. The predicted molar refractivity (Wildman–Crippen MR) is 56.9 cm³/mol. The first-order chi connectivity index (χ1) is 7.00. The molecule has 1 rings (SSSR count). The quantitative estimate of drug-likeness (QED) is 0.782. The van der Waals surface area contributed by atoms with Crippen LogP contribution in [0.15, 0.2) is 10.5 Å². The molecule has 0 saturated heterocycles. The Morgan fingerprint density at radius 1 is 1.60 bits per heavy atom. The molecule has 1 aromatic heterocycles. The summed E-state index contributed by atoms with van der Waals surface area (Å²) in [5.41, 5.74) is 0.910. The first-order valence-electron chi connectivity index (χ1n) is 5.04. The zero-order valence-electron chi connectivity index (χ0n) is 9.33. The van der Waals surface area contributed by atoms with E-state index in [4.69, 9.17) is 9.52 Å². The number of rotatable bonds is 5. The summed E-state index contributed by atoms with van der Waals surface area (Å²) in [6.07, 6.45) is 0. The van der Waals surface area contributed by atoms with E-state index in [2.05, 4.69) is 19.2 Å². The van der Waals surface area contributed by atoms with Gasteiger partial charge in [0.1, 0.15) is 5.76 Å². The van der Waals surface area contributed by atoms with Crippen LogP contribution in [0.1, 0.15) is 35.7 Å². The van der Waals surface area contributed by atoms with Crippen molar-refractivity contribution in [2.24, 2.45) is 5.92 Å². The standard InChI is InChI=1S/C11H17NO3/c1-7(2)5-12-6-9-4-10(11(13)14)15-8(9)3/h4,7,12H,5-6H2,1-3H3,(H,13,14). The van der Waals surface area contributed by atoms with Crippen LogP contribution in [0.25, 0.3) is 0 Å². The summed E-state index contributed by atoms with van der Waals surface area (Å²) < 4.78 is 5.09. The second kappa shape index (κ2) is 4.98. The van der Waals surface area contributed by atoms with Crippen LogP contribution in [0.5, 0.6) is 0 Å². The number of aromatic carboxylic acids is 1. The highest BCUT2D eigenvalue weighted by Gasteiger charge is 2.12. The van der Waals surface area contributed by atoms with Crippen molar-refractivity contribution in [3.05, 3.63) is 23.2 Å². The third-order valence-corrected chi connectivity index (χ3v) is 2.10. The molecule has 0 amide bonds. The van der Waals surface area contributed by atoms with Gasteiger partial charge < -0.3 is 14.8 Å². The molecule has 4 heteroatoms. The Kier molecular flexibility index (Phi) is 3.91. The van der Waals surface area contributed by atoms with E-state index in [1.54, 1.807) is 13.0 Å². The maximum Gasteiger partial charge on any atom is 0.371 e. The van der Waals surface area contributed by atoms with Gasteiger partial charge in [-0.2, -0.15) is 0 Å². The first kappa shape index (κ1) is 11.8. The molecular formula is C11H17NO3. The number of carboxylic acid groups (broad SMARTS) is 1. The summed E-state index contributed by atoms with van der Waals surface area (Å²) in [5, 5.41) is 12.0. The molecule has 0 radical (unpaired) electrons. The molecule has 1 aromatic rings.